The minimum absolute atomic E-state index is 0.622. The zero-order valence-electron chi connectivity index (χ0n) is 13.5. The molecule has 2 N–H and O–H groups in total. The number of rotatable bonds is 5. The topological polar surface area (TPSA) is 45.8 Å². The predicted molar refractivity (Wildman–Crippen MR) is 94.0 cm³/mol. The van der Waals surface area contributed by atoms with Crippen molar-refractivity contribution in [3.63, 3.8) is 0 Å². The van der Waals surface area contributed by atoms with Gasteiger partial charge in [0.25, 0.3) is 0 Å². The second-order valence-electron chi connectivity index (χ2n) is 5.67. The van der Waals surface area contributed by atoms with Crippen molar-refractivity contribution in [1.29, 1.82) is 0 Å². The van der Waals surface area contributed by atoms with Crippen molar-refractivity contribution in [2.75, 3.05) is 46.2 Å². The minimum Gasteiger partial charge on any atom is -0.497 e. The van der Waals surface area contributed by atoms with E-state index in [1.165, 1.54) is 19.4 Å². The first-order valence-corrected chi connectivity index (χ1v) is 7.98. The summed E-state index contributed by atoms with van der Waals surface area (Å²) in [5.41, 5.74) is 0.835. The first-order valence-electron chi connectivity index (χ1n) is 7.57. The Hall–Kier alpha value is -1.53. The summed E-state index contributed by atoms with van der Waals surface area (Å²) >= 11 is 5.38. The van der Waals surface area contributed by atoms with E-state index in [-0.39, 0.29) is 0 Å². The lowest BCUT2D eigenvalue weighted by Crippen LogP contribution is -2.40. The zero-order chi connectivity index (χ0) is 15.9. The largest absolute Gasteiger partial charge is 0.497 e. The normalized spacial score (nSPS) is 18.6. The number of likely N-dealkylation sites (tertiary alicyclic amines) is 1. The summed E-state index contributed by atoms with van der Waals surface area (Å²) in [6.07, 6.45) is 2.52. The van der Waals surface area contributed by atoms with E-state index in [1.54, 1.807) is 14.2 Å². The highest BCUT2D eigenvalue weighted by atomic mass is 32.1. The van der Waals surface area contributed by atoms with Crippen molar-refractivity contribution in [1.82, 2.24) is 10.2 Å². The van der Waals surface area contributed by atoms with Crippen molar-refractivity contribution in [2.24, 2.45) is 5.92 Å². The van der Waals surface area contributed by atoms with Gasteiger partial charge >= 0.3 is 0 Å². The fraction of sp³-hybridized carbons (Fsp3) is 0.562. The molecule has 1 atom stereocenters. The Kier molecular flexibility index (Phi) is 6.27. The molecule has 5 nitrogen and oxygen atoms in total. The standard InChI is InChI=1S/C16H25N3O2S/c1-19-8-4-5-12(11-19)10-17-16(22)18-14-7-6-13(20-2)9-15(14)21-3/h6-7,9,12H,4-5,8,10-11H2,1-3H3,(H2,17,18,22)/t12-/m1/s1. The van der Waals surface area contributed by atoms with Crippen LogP contribution in [0.15, 0.2) is 18.2 Å². The average molecular weight is 323 g/mol. The smallest absolute Gasteiger partial charge is 0.170 e. The van der Waals surface area contributed by atoms with Crippen LogP contribution in [0.2, 0.25) is 0 Å². The maximum atomic E-state index is 5.38. The highest BCUT2D eigenvalue weighted by Gasteiger charge is 2.17. The molecule has 6 heteroatoms. The van der Waals surface area contributed by atoms with Gasteiger partial charge in [0.05, 0.1) is 19.9 Å². The van der Waals surface area contributed by atoms with E-state index < -0.39 is 0 Å². The Morgan fingerprint density at radius 1 is 1.36 bits per heavy atom. The van der Waals surface area contributed by atoms with Crippen LogP contribution >= 0.6 is 12.2 Å². The van der Waals surface area contributed by atoms with Crippen LogP contribution in [0.5, 0.6) is 11.5 Å². The van der Waals surface area contributed by atoms with Crippen LogP contribution in [0.3, 0.4) is 0 Å². The van der Waals surface area contributed by atoms with Gasteiger partial charge in [-0.3, -0.25) is 0 Å². The molecule has 122 valence electrons. The Balaban J connectivity index is 1.86. The van der Waals surface area contributed by atoms with Gasteiger partial charge in [-0.05, 0) is 56.7 Å². The van der Waals surface area contributed by atoms with Gasteiger partial charge in [0.2, 0.25) is 0 Å². The Morgan fingerprint density at radius 2 is 2.18 bits per heavy atom. The molecule has 0 spiro atoms. The molecule has 0 aliphatic carbocycles. The molecule has 1 aromatic rings. The molecule has 0 saturated carbocycles. The van der Waals surface area contributed by atoms with Crippen LogP contribution in [0.25, 0.3) is 0 Å². The molecule has 22 heavy (non-hydrogen) atoms. The molecule has 1 heterocycles. The molecule has 1 fully saturated rings. The van der Waals surface area contributed by atoms with Crippen LogP contribution < -0.4 is 20.1 Å². The number of anilines is 1. The highest BCUT2D eigenvalue weighted by Crippen LogP contribution is 2.28. The van der Waals surface area contributed by atoms with Gasteiger partial charge in [0, 0.05) is 19.2 Å². The third-order valence-electron chi connectivity index (χ3n) is 3.93. The maximum Gasteiger partial charge on any atom is 0.170 e. The Morgan fingerprint density at radius 3 is 2.86 bits per heavy atom. The highest BCUT2D eigenvalue weighted by molar-refractivity contribution is 7.80. The maximum absolute atomic E-state index is 5.38. The third kappa shape index (κ3) is 4.74. The fourth-order valence-electron chi connectivity index (χ4n) is 2.75. The predicted octanol–water partition coefficient (Wildman–Crippen LogP) is 2.33. The summed E-state index contributed by atoms with van der Waals surface area (Å²) in [5.74, 6) is 2.11. The lowest BCUT2D eigenvalue weighted by atomic mass is 9.99. The molecule has 1 saturated heterocycles. The lowest BCUT2D eigenvalue weighted by Gasteiger charge is -2.30. The number of nitrogens with zero attached hydrogens (tertiary/aromatic N) is 1. The molecule has 0 aromatic heterocycles. The summed E-state index contributed by atoms with van der Waals surface area (Å²) in [5, 5.41) is 7.12. The number of nitrogens with one attached hydrogen (secondary N) is 2. The van der Waals surface area contributed by atoms with Crippen molar-refractivity contribution in [2.45, 2.75) is 12.8 Å². The van der Waals surface area contributed by atoms with Gasteiger partial charge in [0.15, 0.2) is 5.11 Å². The van der Waals surface area contributed by atoms with E-state index in [9.17, 15) is 0 Å². The van der Waals surface area contributed by atoms with E-state index in [0.29, 0.717) is 16.8 Å². The summed E-state index contributed by atoms with van der Waals surface area (Å²) < 4.78 is 10.6. The lowest BCUT2D eigenvalue weighted by molar-refractivity contribution is 0.211. The molecule has 1 aliphatic heterocycles. The quantitative estimate of drug-likeness (QED) is 0.811. The summed E-state index contributed by atoms with van der Waals surface area (Å²) in [7, 11) is 5.44. The van der Waals surface area contributed by atoms with E-state index >= 15 is 0 Å². The summed E-state index contributed by atoms with van der Waals surface area (Å²) in [6.45, 7) is 3.22. The number of hydrogen-bond donors (Lipinski definition) is 2. The number of methoxy groups -OCH3 is 2. The second kappa shape index (κ2) is 8.19. The van der Waals surface area contributed by atoms with Crippen molar-refractivity contribution >= 4 is 23.0 Å². The van der Waals surface area contributed by atoms with Gasteiger partial charge in [-0.1, -0.05) is 0 Å². The van der Waals surface area contributed by atoms with Crippen molar-refractivity contribution in [3.05, 3.63) is 18.2 Å². The van der Waals surface area contributed by atoms with Crippen molar-refractivity contribution < 1.29 is 9.47 Å². The van der Waals surface area contributed by atoms with Gasteiger partial charge in [-0.25, -0.2) is 0 Å². The fourth-order valence-corrected chi connectivity index (χ4v) is 2.94. The molecular weight excluding hydrogens is 298 g/mol. The summed E-state index contributed by atoms with van der Waals surface area (Å²) in [6, 6.07) is 5.62. The molecule has 0 bridgehead atoms. The van der Waals surface area contributed by atoms with Crippen LogP contribution in [-0.4, -0.2) is 50.9 Å². The molecule has 0 unspecified atom stereocenters. The van der Waals surface area contributed by atoms with Crippen LogP contribution in [0, 0.1) is 5.92 Å². The Bertz CT molecular complexity index is 510. The monoisotopic (exact) mass is 323 g/mol. The van der Waals surface area contributed by atoms with E-state index in [0.717, 1.165) is 24.5 Å². The van der Waals surface area contributed by atoms with Crippen LogP contribution in [0.1, 0.15) is 12.8 Å². The summed E-state index contributed by atoms with van der Waals surface area (Å²) in [4.78, 5) is 2.37. The molecule has 0 radical (unpaired) electrons. The number of benzene rings is 1. The third-order valence-corrected chi connectivity index (χ3v) is 4.18. The van der Waals surface area contributed by atoms with Gasteiger partial charge in [0.1, 0.15) is 11.5 Å². The first-order chi connectivity index (χ1) is 10.6. The zero-order valence-corrected chi connectivity index (χ0v) is 14.3. The van der Waals surface area contributed by atoms with Gasteiger partial charge in [-0.15, -0.1) is 0 Å². The number of hydrogen-bond acceptors (Lipinski definition) is 4. The van der Waals surface area contributed by atoms with E-state index in [1.807, 2.05) is 18.2 Å². The minimum atomic E-state index is 0.622. The molecule has 2 rings (SSSR count). The van der Waals surface area contributed by atoms with Gasteiger partial charge < -0.3 is 25.0 Å². The molecule has 0 amide bonds. The number of thiocarbonyl (C=S) groups is 1. The van der Waals surface area contributed by atoms with Gasteiger partial charge in [-0.2, -0.15) is 0 Å². The SMILES string of the molecule is COc1ccc(NC(=S)NC[C@H]2CCCN(C)C2)c(OC)c1. The molecule has 1 aromatic carbocycles. The second-order valence-corrected chi connectivity index (χ2v) is 6.08. The molecule has 1 aliphatic rings. The van der Waals surface area contributed by atoms with Crippen molar-refractivity contribution in [3.8, 4) is 11.5 Å². The Labute approximate surface area is 138 Å². The molecular formula is C16H25N3O2S. The van der Waals surface area contributed by atoms with E-state index in [4.69, 9.17) is 21.7 Å². The number of piperidine rings is 1. The van der Waals surface area contributed by atoms with Crippen LogP contribution in [-0.2, 0) is 0 Å². The van der Waals surface area contributed by atoms with E-state index in [2.05, 4.69) is 22.6 Å². The number of ether oxygens (including phenoxy) is 2. The first kappa shape index (κ1) is 16.8. The average Bonchev–Trinajstić information content (AvgIpc) is 2.53. The van der Waals surface area contributed by atoms with Crippen LogP contribution in [0.4, 0.5) is 5.69 Å².